The number of amides is 2. The van der Waals surface area contributed by atoms with E-state index in [1.54, 1.807) is 35.4 Å². The predicted molar refractivity (Wildman–Crippen MR) is 109 cm³/mol. The zero-order valence-electron chi connectivity index (χ0n) is 15.9. The van der Waals surface area contributed by atoms with Crippen molar-refractivity contribution in [2.75, 3.05) is 17.8 Å². The maximum atomic E-state index is 12.7. The Morgan fingerprint density at radius 3 is 2.43 bits per heavy atom. The van der Waals surface area contributed by atoms with Gasteiger partial charge in [-0.1, -0.05) is 0 Å². The van der Waals surface area contributed by atoms with Gasteiger partial charge in [-0.05, 0) is 49.2 Å². The maximum absolute atomic E-state index is 12.7. The number of hydrogen-bond acceptors (Lipinski definition) is 5. The van der Waals surface area contributed by atoms with Crippen LogP contribution in [0.2, 0.25) is 0 Å². The fourth-order valence-corrected chi connectivity index (χ4v) is 4.29. The van der Waals surface area contributed by atoms with Gasteiger partial charge in [0.1, 0.15) is 16.3 Å². The summed E-state index contributed by atoms with van der Waals surface area (Å²) in [7, 11) is -3.87. The standard InChI is InChI=1S/C19H20N6O4S/c20-18(26)16-7-10-25(22-16)14-5-3-13(4-6-14)23-30(28,29)15-11-17(21-12-15)19(27)24-8-1-2-9-24/h3-7,10-12,21,23H,1-2,8-9H2,(H2,20,26). The quantitative estimate of drug-likeness (QED) is 0.543. The Labute approximate surface area is 172 Å². The Morgan fingerprint density at radius 1 is 1.10 bits per heavy atom. The van der Waals surface area contributed by atoms with Crippen molar-refractivity contribution in [2.24, 2.45) is 5.73 Å². The Morgan fingerprint density at radius 2 is 1.80 bits per heavy atom. The van der Waals surface area contributed by atoms with Crippen LogP contribution in [0.1, 0.15) is 33.8 Å². The molecule has 3 heterocycles. The summed E-state index contributed by atoms with van der Waals surface area (Å²) in [4.78, 5) is 28.0. The second-order valence-corrected chi connectivity index (χ2v) is 8.59. The molecule has 1 aliphatic heterocycles. The molecule has 0 unspecified atom stereocenters. The number of sulfonamides is 1. The molecule has 0 spiro atoms. The minimum Gasteiger partial charge on any atom is -0.364 e. The van der Waals surface area contributed by atoms with Crippen molar-refractivity contribution in [3.05, 3.63) is 60.2 Å². The average Bonchev–Trinajstić information content (AvgIpc) is 3.49. The molecule has 11 heteroatoms. The number of benzene rings is 1. The van der Waals surface area contributed by atoms with Crippen LogP contribution in [-0.2, 0) is 10.0 Å². The highest BCUT2D eigenvalue weighted by Gasteiger charge is 2.23. The molecule has 0 radical (unpaired) electrons. The lowest BCUT2D eigenvalue weighted by Gasteiger charge is -2.13. The fourth-order valence-electron chi connectivity index (χ4n) is 3.24. The van der Waals surface area contributed by atoms with Gasteiger partial charge in [-0.15, -0.1) is 0 Å². The number of primary amides is 1. The number of carbonyl (C=O) groups is 2. The van der Waals surface area contributed by atoms with Crippen LogP contribution in [0.4, 0.5) is 5.69 Å². The lowest BCUT2D eigenvalue weighted by atomic mass is 10.3. The van der Waals surface area contributed by atoms with E-state index in [0.29, 0.717) is 24.5 Å². The highest BCUT2D eigenvalue weighted by molar-refractivity contribution is 7.92. The number of H-pyrrole nitrogens is 1. The van der Waals surface area contributed by atoms with Crippen molar-refractivity contribution in [3.63, 3.8) is 0 Å². The SMILES string of the molecule is NC(=O)c1ccn(-c2ccc(NS(=O)(=O)c3c[nH]c(C(=O)N4CCCC4)c3)cc2)n1. The molecule has 1 aromatic carbocycles. The van der Waals surface area contributed by atoms with E-state index >= 15 is 0 Å². The molecule has 2 aromatic heterocycles. The third kappa shape index (κ3) is 3.92. The van der Waals surface area contributed by atoms with Crippen LogP contribution in [0, 0.1) is 0 Å². The lowest BCUT2D eigenvalue weighted by molar-refractivity contribution is 0.0787. The van der Waals surface area contributed by atoms with E-state index in [1.165, 1.54) is 23.0 Å². The largest absolute Gasteiger partial charge is 0.364 e. The fraction of sp³-hybridized carbons (Fsp3) is 0.211. The van der Waals surface area contributed by atoms with Crippen molar-refractivity contribution >= 4 is 27.5 Å². The summed E-state index contributed by atoms with van der Waals surface area (Å²) in [5.41, 5.74) is 6.54. The molecule has 4 N–H and O–H groups in total. The molecule has 0 atom stereocenters. The first-order valence-electron chi connectivity index (χ1n) is 9.30. The summed E-state index contributed by atoms with van der Waals surface area (Å²) in [6.07, 6.45) is 4.79. The predicted octanol–water partition coefficient (Wildman–Crippen LogP) is 1.34. The van der Waals surface area contributed by atoms with Crippen molar-refractivity contribution in [1.29, 1.82) is 0 Å². The molecule has 0 aliphatic carbocycles. The number of rotatable bonds is 6. The van der Waals surface area contributed by atoms with Crippen molar-refractivity contribution < 1.29 is 18.0 Å². The molecule has 1 aliphatic rings. The third-order valence-corrected chi connectivity index (χ3v) is 6.18. The summed E-state index contributed by atoms with van der Waals surface area (Å²) >= 11 is 0. The molecule has 0 bridgehead atoms. The van der Waals surface area contributed by atoms with Gasteiger partial charge >= 0.3 is 0 Å². The van der Waals surface area contributed by atoms with Crippen LogP contribution in [0.25, 0.3) is 5.69 Å². The highest BCUT2D eigenvalue weighted by Crippen LogP contribution is 2.20. The van der Waals surface area contributed by atoms with E-state index < -0.39 is 15.9 Å². The van der Waals surface area contributed by atoms with Gasteiger partial charge in [-0.2, -0.15) is 5.10 Å². The topological polar surface area (TPSA) is 143 Å². The summed E-state index contributed by atoms with van der Waals surface area (Å²) in [6, 6.07) is 9.27. The number of nitrogens with one attached hydrogen (secondary N) is 2. The first-order chi connectivity index (χ1) is 14.3. The molecule has 4 rings (SSSR count). The van der Waals surface area contributed by atoms with Crippen LogP contribution in [-0.4, -0.2) is 53.0 Å². The van der Waals surface area contributed by atoms with Crippen LogP contribution >= 0.6 is 0 Å². The highest BCUT2D eigenvalue weighted by atomic mass is 32.2. The van der Waals surface area contributed by atoms with Crippen LogP contribution in [0.5, 0.6) is 0 Å². The smallest absolute Gasteiger partial charge is 0.270 e. The van der Waals surface area contributed by atoms with Crippen LogP contribution < -0.4 is 10.5 Å². The van der Waals surface area contributed by atoms with E-state index in [9.17, 15) is 18.0 Å². The average molecular weight is 428 g/mol. The minimum absolute atomic E-state index is 0.0210. The molecular formula is C19H20N6O4S. The van der Waals surface area contributed by atoms with Gasteiger partial charge in [0.15, 0.2) is 0 Å². The summed E-state index contributed by atoms with van der Waals surface area (Å²) in [5.74, 6) is -0.833. The molecule has 1 saturated heterocycles. The minimum atomic E-state index is -3.87. The molecule has 1 fully saturated rings. The number of carbonyl (C=O) groups excluding carboxylic acids is 2. The van der Waals surface area contributed by atoms with Crippen molar-refractivity contribution in [3.8, 4) is 5.69 Å². The number of nitrogens with two attached hydrogens (primary N) is 1. The molecule has 0 saturated carbocycles. The van der Waals surface area contributed by atoms with Gasteiger partial charge in [0.2, 0.25) is 0 Å². The van der Waals surface area contributed by atoms with Gasteiger partial charge in [-0.3, -0.25) is 14.3 Å². The second-order valence-electron chi connectivity index (χ2n) is 6.91. The van der Waals surface area contributed by atoms with Gasteiger partial charge in [-0.25, -0.2) is 13.1 Å². The molecule has 30 heavy (non-hydrogen) atoms. The first-order valence-corrected chi connectivity index (χ1v) is 10.8. The molecular weight excluding hydrogens is 408 g/mol. The van der Waals surface area contributed by atoms with E-state index in [0.717, 1.165) is 12.8 Å². The summed E-state index contributed by atoms with van der Waals surface area (Å²) in [5, 5.41) is 4.05. The zero-order chi connectivity index (χ0) is 21.3. The molecule has 2 amide bonds. The van der Waals surface area contributed by atoms with Crippen LogP contribution in [0.15, 0.2) is 53.7 Å². The lowest BCUT2D eigenvalue weighted by Crippen LogP contribution is -2.27. The Kier molecular flexibility index (Phi) is 5.04. The van der Waals surface area contributed by atoms with Gasteiger partial charge < -0.3 is 15.6 Å². The van der Waals surface area contributed by atoms with E-state index in [-0.39, 0.29) is 22.2 Å². The number of aromatic amines is 1. The zero-order valence-corrected chi connectivity index (χ0v) is 16.7. The van der Waals surface area contributed by atoms with Gasteiger partial charge in [0.25, 0.3) is 21.8 Å². The Bertz CT molecular complexity index is 1190. The normalized spacial score (nSPS) is 14.1. The Balaban J connectivity index is 1.48. The number of aromatic nitrogens is 3. The summed E-state index contributed by atoms with van der Waals surface area (Å²) < 4.78 is 29.3. The number of anilines is 1. The van der Waals surface area contributed by atoms with Gasteiger partial charge in [0.05, 0.1) is 5.69 Å². The number of hydrogen-bond donors (Lipinski definition) is 3. The third-order valence-electron chi connectivity index (χ3n) is 4.82. The van der Waals surface area contributed by atoms with E-state index in [2.05, 4.69) is 14.8 Å². The van der Waals surface area contributed by atoms with E-state index in [4.69, 9.17) is 5.73 Å². The summed E-state index contributed by atoms with van der Waals surface area (Å²) in [6.45, 7) is 1.36. The van der Waals surface area contributed by atoms with Crippen molar-refractivity contribution in [2.45, 2.75) is 17.7 Å². The Hall–Kier alpha value is -3.60. The number of likely N-dealkylation sites (tertiary alicyclic amines) is 1. The first kappa shape index (κ1) is 19.7. The van der Waals surface area contributed by atoms with Crippen molar-refractivity contribution in [1.82, 2.24) is 19.7 Å². The monoisotopic (exact) mass is 428 g/mol. The molecule has 156 valence electrons. The second kappa shape index (κ2) is 7.67. The van der Waals surface area contributed by atoms with Gasteiger partial charge in [0, 0.05) is 31.2 Å². The molecule has 3 aromatic rings. The number of nitrogens with zero attached hydrogens (tertiary/aromatic N) is 3. The molecule has 10 nitrogen and oxygen atoms in total. The van der Waals surface area contributed by atoms with Crippen LogP contribution in [0.3, 0.4) is 0 Å². The maximum Gasteiger partial charge on any atom is 0.270 e. The van der Waals surface area contributed by atoms with E-state index in [1.807, 2.05) is 0 Å².